The largest absolute Gasteiger partial charge is 0.384 e. The predicted octanol–water partition coefficient (Wildman–Crippen LogP) is 1.71. The SMILES string of the molecule is O=S(=O)(Nc1ccc(C#CCO)cc1)C1CCCC1. The minimum atomic E-state index is -3.27. The Kier molecular flexibility index (Phi) is 4.46. The zero-order valence-corrected chi connectivity index (χ0v) is 11.4. The molecule has 2 N–H and O–H groups in total. The molecule has 5 heteroatoms. The number of nitrogens with one attached hydrogen (secondary N) is 1. The van der Waals surface area contributed by atoms with E-state index in [1.807, 2.05) is 0 Å². The van der Waals surface area contributed by atoms with E-state index in [2.05, 4.69) is 16.6 Å². The minimum Gasteiger partial charge on any atom is -0.384 e. The zero-order valence-electron chi connectivity index (χ0n) is 10.6. The van der Waals surface area contributed by atoms with Gasteiger partial charge in [-0.3, -0.25) is 4.72 Å². The molecule has 0 amide bonds. The van der Waals surface area contributed by atoms with Crippen LogP contribution in [-0.2, 0) is 10.0 Å². The average Bonchev–Trinajstić information content (AvgIpc) is 2.92. The lowest BCUT2D eigenvalue weighted by Gasteiger charge is -2.13. The second kappa shape index (κ2) is 6.09. The van der Waals surface area contributed by atoms with Crippen LogP contribution in [-0.4, -0.2) is 25.4 Å². The highest BCUT2D eigenvalue weighted by Crippen LogP contribution is 2.26. The monoisotopic (exact) mass is 279 g/mol. The molecule has 0 atom stereocenters. The summed E-state index contributed by atoms with van der Waals surface area (Å²) in [5, 5.41) is 8.33. The number of benzene rings is 1. The van der Waals surface area contributed by atoms with Crippen molar-refractivity contribution >= 4 is 15.7 Å². The first-order valence-electron chi connectivity index (χ1n) is 6.33. The van der Waals surface area contributed by atoms with Crippen LogP contribution in [0.1, 0.15) is 31.2 Å². The average molecular weight is 279 g/mol. The third kappa shape index (κ3) is 3.72. The third-order valence-electron chi connectivity index (χ3n) is 3.20. The summed E-state index contributed by atoms with van der Waals surface area (Å²) in [5.74, 6) is 5.31. The van der Waals surface area contributed by atoms with Gasteiger partial charge in [-0.15, -0.1) is 0 Å². The van der Waals surface area contributed by atoms with Crippen LogP contribution in [0.15, 0.2) is 24.3 Å². The van der Waals surface area contributed by atoms with E-state index in [0.29, 0.717) is 5.69 Å². The second-order valence-electron chi connectivity index (χ2n) is 4.59. The Bertz CT molecular complexity index is 575. The van der Waals surface area contributed by atoms with Crippen molar-refractivity contribution in [3.05, 3.63) is 29.8 Å². The summed E-state index contributed by atoms with van der Waals surface area (Å²) in [6.07, 6.45) is 3.47. The molecule has 1 aliphatic carbocycles. The first kappa shape index (κ1) is 13.9. The van der Waals surface area contributed by atoms with Gasteiger partial charge >= 0.3 is 0 Å². The van der Waals surface area contributed by atoms with Gasteiger partial charge in [-0.05, 0) is 37.1 Å². The molecule has 0 aromatic heterocycles. The van der Waals surface area contributed by atoms with Gasteiger partial charge in [0.2, 0.25) is 10.0 Å². The van der Waals surface area contributed by atoms with E-state index in [4.69, 9.17) is 5.11 Å². The molecule has 2 rings (SSSR count). The van der Waals surface area contributed by atoms with Crippen molar-refractivity contribution in [1.82, 2.24) is 0 Å². The summed E-state index contributed by atoms with van der Waals surface area (Å²) in [6, 6.07) is 6.84. The fourth-order valence-electron chi connectivity index (χ4n) is 2.21. The van der Waals surface area contributed by atoms with Crippen molar-refractivity contribution in [2.24, 2.45) is 0 Å². The highest BCUT2D eigenvalue weighted by atomic mass is 32.2. The predicted molar refractivity (Wildman–Crippen MR) is 75.2 cm³/mol. The molecule has 1 fully saturated rings. The first-order valence-corrected chi connectivity index (χ1v) is 7.88. The van der Waals surface area contributed by atoms with Gasteiger partial charge in [0.1, 0.15) is 6.61 Å². The molecule has 0 unspecified atom stereocenters. The molecule has 0 heterocycles. The van der Waals surface area contributed by atoms with Crippen molar-refractivity contribution in [3.63, 3.8) is 0 Å². The third-order valence-corrected chi connectivity index (χ3v) is 5.07. The number of aliphatic hydroxyl groups is 1. The van der Waals surface area contributed by atoms with E-state index in [1.54, 1.807) is 24.3 Å². The molecule has 0 spiro atoms. The van der Waals surface area contributed by atoms with Gasteiger partial charge in [-0.25, -0.2) is 8.42 Å². The van der Waals surface area contributed by atoms with E-state index < -0.39 is 10.0 Å². The van der Waals surface area contributed by atoms with Crippen LogP contribution >= 0.6 is 0 Å². The van der Waals surface area contributed by atoms with E-state index in [-0.39, 0.29) is 11.9 Å². The van der Waals surface area contributed by atoms with Crippen molar-refractivity contribution in [2.45, 2.75) is 30.9 Å². The quantitative estimate of drug-likeness (QED) is 0.828. The van der Waals surface area contributed by atoms with Gasteiger partial charge in [-0.2, -0.15) is 0 Å². The summed E-state index contributed by atoms with van der Waals surface area (Å²) in [6.45, 7) is -0.184. The molecular formula is C14H17NO3S. The number of anilines is 1. The molecule has 1 saturated carbocycles. The van der Waals surface area contributed by atoms with Gasteiger partial charge < -0.3 is 5.11 Å². The molecule has 102 valence electrons. The smallest absolute Gasteiger partial charge is 0.235 e. The van der Waals surface area contributed by atoms with Crippen LogP contribution in [0.25, 0.3) is 0 Å². The van der Waals surface area contributed by atoms with Gasteiger partial charge in [0.25, 0.3) is 0 Å². The molecule has 1 aromatic carbocycles. The number of aliphatic hydroxyl groups excluding tert-OH is 1. The normalized spacial score (nSPS) is 15.8. The Morgan fingerprint density at radius 2 is 1.84 bits per heavy atom. The van der Waals surface area contributed by atoms with Crippen molar-refractivity contribution in [3.8, 4) is 11.8 Å². The minimum absolute atomic E-state index is 0.184. The lowest BCUT2D eigenvalue weighted by Crippen LogP contribution is -2.25. The van der Waals surface area contributed by atoms with Crippen molar-refractivity contribution < 1.29 is 13.5 Å². The Labute approximate surface area is 113 Å². The van der Waals surface area contributed by atoms with Gasteiger partial charge in [0.05, 0.1) is 5.25 Å². The van der Waals surface area contributed by atoms with Crippen LogP contribution in [0, 0.1) is 11.8 Å². The van der Waals surface area contributed by atoms with Crippen LogP contribution in [0.5, 0.6) is 0 Å². The molecule has 0 radical (unpaired) electrons. The van der Waals surface area contributed by atoms with Gasteiger partial charge in [0.15, 0.2) is 0 Å². The van der Waals surface area contributed by atoms with Gasteiger partial charge in [-0.1, -0.05) is 24.7 Å². The van der Waals surface area contributed by atoms with Crippen molar-refractivity contribution in [1.29, 1.82) is 0 Å². The maximum Gasteiger partial charge on any atom is 0.235 e. The highest BCUT2D eigenvalue weighted by Gasteiger charge is 2.28. The molecule has 0 aliphatic heterocycles. The molecule has 1 aromatic rings. The van der Waals surface area contributed by atoms with Gasteiger partial charge in [0, 0.05) is 11.3 Å². The fourth-order valence-corrected chi connectivity index (χ4v) is 3.79. The molecule has 1 aliphatic rings. The van der Waals surface area contributed by atoms with E-state index in [9.17, 15) is 8.42 Å². The summed E-state index contributed by atoms with van der Waals surface area (Å²) >= 11 is 0. The lowest BCUT2D eigenvalue weighted by atomic mass is 10.2. The Hall–Kier alpha value is -1.51. The zero-order chi connectivity index (χ0) is 13.7. The Balaban J connectivity index is 2.06. The van der Waals surface area contributed by atoms with Crippen LogP contribution in [0.3, 0.4) is 0 Å². The number of rotatable bonds is 3. The van der Waals surface area contributed by atoms with Crippen molar-refractivity contribution in [2.75, 3.05) is 11.3 Å². The standard InChI is InChI=1S/C14H17NO3S/c16-11-3-4-12-7-9-13(10-8-12)15-19(17,18)14-5-1-2-6-14/h7-10,14-16H,1-2,5-6,11H2. The maximum atomic E-state index is 12.1. The maximum absolute atomic E-state index is 12.1. The van der Waals surface area contributed by atoms with E-state index in [1.165, 1.54) is 0 Å². The molecule has 0 bridgehead atoms. The molecule has 4 nitrogen and oxygen atoms in total. The highest BCUT2D eigenvalue weighted by molar-refractivity contribution is 7.93. The van der Waals surface area contributed by atoms with Crippen LogP contribution in [0.2, 0.25) is 0 Å². The molecule has 0 saturated heterocycles. The van der Waals surface area contributed by atoms with Crippen LogP contribution in [0.4, 0.5) is 5.69 Å². The van der Waals surface area contributed by atoms with E-state index in [0.717, 1.165) is 31.2 Å². The Morgan fingerprint density at radius 3 is 2.42 bits per heavy atom. The summed E-state index contributed by atoms with van der Waals surface area (Å²) in [7, 11) is -3.27. The summed E-state index contributed by atoms with van der Waals surface area (Å²) in [4.78, 5) is 0. The Morgan fingerprint density at radius 1 is 1.21 bits per heavy atom. The fraction of sp³-hybridized carbons (Fsp3) is 0.429. The number of hydrogen-bond donors (Lipinski definition) is 2. The summed E-state index contributed by atoms with van der Waals surface area (Å²) < 4.78 is 26.8. The van der Waals surface area contributed by atoms with Crippen LogP contribution < -0.4 is 4.72 Å². The lowest BCUT2D eigenvalue weighted by molar-refractivity contribution is 0.350. The topological polar surface area (TPSA) is 66.4 Å². The number of hydrogen-bond acceptors (Lipinski definition) is 3. The second-order valence-corrected chi connectivity index (χ2v) is 6.55. The first-order chi connectivity index (χ1) is 9.12. The summed E-state index contributed by atoms with van der Waals surface area (Å²) in [5.41, 5.74) is 1.30. The molecular weight excluding hydrogens is 262 g/mol. The molecule has 19 heavy (non-hydrogen) atoms. The number of sulfonamides is 1. The van der Waals surface area contributed by atoms with E-state index >= 15 is 0 Å².